The number of carbonyl (C=O) groups excluding carboxylic acids is 1. The minimum Gasteiger partial charge on any atom is -0.383 e. The van der Waals surface area contributed by atoms with E-state index < -0.39 is 12.0 Å². The van der Waals surface area contributed by atoms with E-state index in [1.165, 1.54) is 23.0 Å². The van der Waals surface area contributed by atoms with Crippen molar-refractivity contribution >= 4 is 33.5 Å². The molecule has 7 nitrogen and oxygen atoms in total. The van der Waals surface area contributed by atoms with E-state index in [1.807, 2.05) is 24.3 Å². The highest BCUT2D eigenvalue weighted by Gasteiger charge is 2.34. The number of fused-ring (bicyclic) bond motifs is 2. The molecule has 4 N–H and O–H groups in total. The first kappa shape index (κ1) is 18.0. The number of imidazole rings is 1. The Morgan fingerprint density at radius 2 is 1.83 bits per heavy atom. The fourth-order valence-electron chi connectivity index (χ4n) is 3.34. The molecule has 10 heteroatoms. The lowest BCUT2D eigenvalue weighted by molar-refractivity contribution is -0.144. The third-order valence-corrected chi connectivity index (χ3v) is 4.81. The summed E-state index contributed by atoms with van der Waals surface area (Å²) in [4.78, 5) is 21.8. The number of anilines is 1. The number of nitrogens with one attached hydrogen (secondary N) is 2. The Bertz CT molecular complexity index is 1390. The molecule has 0 atom stereocenters. The number of ketones is 1. The number of carbonyl (C=O) groups is 1. The Labute approximate surface area is 166 Å². The van der Waals surface area contributed by atoms with E-state index in [0.29, 0.717) is 11.4 Å². The molecule has 3 heterocycles. The van der Waals surface area contributed by atoms with Gasteiger partial charge in [0.15, 0.2) is 0 Å². The topological polar surface area (TPSA) is 105 Å². The molecule has 0 aliphatic carbocycles. The third-order valence-electron chi connectivity index (χ3n) is 4.81. The largest absolute Gasteiger partial charge is 0.449 e. The number of nitrogens with zero attached hydrogens (tertiary/aromatic N) is 3. The van der Waals surface area contributed by atoms with Gasteiger partial charge < -0.3 is 15.7 Å². The van der Waals surface area contributed by atoms with Gasteiger partial charge in [0.05, 0.1) is 34.2 Å². The average Bonchev–Trinajstić information content (AvgIpc) is 3.42. The van der Waals surface area contributed by atoms with Crippen molar-refractivity contribution < 1.29 is 18.0 Å². The van der Waals surface area contributed by atoms with Crippen molar-refractivity contribution in [3.8, 4) is 5.69 Å². The number of nitrogen functional groups attached to an aromatic ring is 1. The number of halogens is 3. The van der Waals surface area contributed by atoms with Crippen molar-refractivity contribution in [2.75, 3.05) is 5.73 Å². The number of para-hydroxylation sites is 1. The third kappa shape index (κ3) is 2.81. The number of benzene rings is 2. The van der Waals surface area contributed by atoms with Crippen LogP contribution in [0.4, 0.5) is 19.0 Å². The highest BCUT2D eigenvalue weighted by molar-refractivity contribution is 6.12. The smallest absolute Gasteiger partial charge is 0.383 e. The van der Waals surface area contributed by atoms with Crippen molar-refractivity contribution in [2.45, 2.75) is 6.18 Å². The van der Waals surface area contributed by atoms with Crippen LogP contribution in [-0.4, -0.2) is 30.5 Å². The zero-order chi connectivity index (χ0) is 21.0. The van der Waals surface area contributed by atoms with Crippen LogP contribution in [0.25, 0.3) is 27.6 Å². The molecule has 3 aromatic heterocycles. The molecule has 0 spiro atoms. The van der Waals surface area contributed by atoms with Crippen LogP contribution in [0, 0.1) is 0 Å². The summed E-state index contributed by atoms with van der Waals surface area (Å²) in [6.45, 7) is 0. The average molecular weight is 410 g/mol. The Balaban J connectivity index is 1.53. The van der Waals surface area contributed by atoms with E-state index >= 15 is 0 Å². The first-order valence-corrected chi connectivity index (χ1v) is 8.84. The van der Waals surface area contributed by atoms with E-state index in [1.54, 1.807) is 12.1 Å². The van der Waals surface area contributed by atoms with E-state index in [9.17, 15) is 18.0 Å². The van der Waals surface area contributed by atoms with Gasteiger partial charge in [-0.05, 0) is 30.3 Å². The number of rotatable bonds is 3. The van der Waals surface area contributed by atoms with Crippen molar-refractivity contribution in [3.63, 3.8) is 0 Å². The van der Waals surface area contributed by atoms with Crippen molar-refractivity contribution in [2.24, 2.45) is 0 Å². The molecule has 0 fully saturated rings. The SMILES string of the molecule is Nc1c(C(=O)c2cc3ccccc3[nH]2)cnn1-c1ccc2[nH]c(C(F)(F)F)nc2c1. The van der Waals surface area contributed by atoms with Crippen molar-refractivity contribution in [3.05, 3.63) is 71.8 Å². The van der Waals surface area contributed by atoms with Crippen LogP contribution in [0.3, 0.4) is 0 Å². The molecule has 0 radical (unpaired) electrons. The summed E-state index contributed by atoms with van der Waals surface area (Å²) in [5, 5.41) is 5.03. The van der Waals surface area contributed by atoms with Crippen LogP contribution in [0.5, 0.6) is 0 Å². The number of aromatic amines is 2. The maximum absolute atomic E-state index is 12.9. The van der Waals surface area contributed by atoms with Crippen LogP contribution in [0.15, 0.2) is 54.7 Å². The lowest BCUT2D eigenvalue weighted by Crippen LogP contribution is -2.07. The van der Waals surface area contributed by atoms with Gasteiger partial charge in [0.25, 0.3) is 0 Å². The van der Waals surface area contributed by atoms with Gasteiger partial charge in [0, 0.05) is 10.9 Å². The Morgan fingerprint density at radius 3 is 2.60 bits per heavy atom. The highest BCUT2D eigenvalue weighted by atomic mass is 19.4. The zero-order valence-corrected chi connectivity index (χ0v) is 15.2. The van der Waals surface area contributed by atoms with Gasteiger partial charge in [-0.3, -0.25) is 4.79 Å². The molecule has 5 rings (SSSR count). The molecule has 0 saturated heterocycles. The fraction of sp³-hybridized carbons (Fsp3) is 0.0500. The molecule has 150 valence electrons. The molecule has 0 saturated carbocycles. The number of hydrogen-bond acceptors (Lipinski definition) is 4. The molecule has 0 amide bonds. The number of H-pyrrole nitrogens is 2. The molecule has 5 aromatic rings. The molecular formula is C20H13F3N6O. The second-order valence-electron chi connectivity index (χ2n) is 6.74. The summed E-state index contributed by atoms with van der Waals surface area (Å²) >= 11 is 0. The van der Waals surface area contributed by atoms with Gasteiger partial charge in [-0.25, -0.2) is 9.67 Å². The van der Waals surface area contributed by atoms with Crippen LogP contribution in [-0.2, 0) is 6.18 Å². The van der Waals surface area contributed by atoms with Gasteiger partial charge in [-0.15, -0.1) is 0 Å². The lowest BCUT2D eigenvalue weighted by atomic mass is 10.1. The molecule has 0 bridgehead atoms. The first-order chi connectivity index (χ1) is 14.3. The number of aromatic nitrogens is 5. The number of alkyl halides is 3. The quantitative estimate of drug-likeness (QED) is 0.390. The summed E-state index contributed by atoms with van der Waals surface area (Å²) in [7, 11) is 0. The standard InChI is InChI=1S/C20H13F3N6O/c21-20(22,23)19-27-14-6-5-11(8-15(14)28-19)29-18(24)12(9-25-29)17(30)16-7-10-3-1-2-4-13(10)26-16/h1-9,26H,24H2,(H,27,28). The number of hydrogen-bond donors (Lipinski definition) is 3. The van der Waals surface area contributed by atoms with Gasteiger partial charge in [0.2, 0.25) is 11.6 Å². The first-order valence-electron chi connectivity index (χ1n) is 8.84. The number of nitrogens with two attached hydrogens (primary N) is 1. The highest BCUT2D eigenvalue weighted by Crippen LogP contribution is 2.30. The normalized spacial score (nSPS) is 12.1. The van der Waals surface area contributed by atoms with Gasteiger partial charge in [0.1, 0.15) is 5.82 Å². The van der Waals surface area contributed by atoms with E-state index in [4.69, 9.17) is 5.73 Å². The summed E-state index contributed by atoms with van der Waals surface area (Å²) in [5.74, 6) is -1.35. The lowest BCUT2D eigenvalue weighted by Gasteiger charge is -2.04. The summed E-state index contributed by atoms with van der Waals surface area (Å²) in [6.07, 6.45) is -3.25. The van der Waals surface area contributed by atoms with Crippen LogP contribution < -0.4 is 5.73 Å². The second-order valence-corrected chi connectivity index (χ2v) is 6.74. The maximum atomic E-state index is 12.9. The summed E-state index contributed by atoms with van der Waals surface area (Å²) in [5.41, 5.74) is 8.22. The minimum atomic E-state index is -4.58. The zero-order valence-electron chi connectivity index (χ0n) is 15.2. The van der Waals surface area contributed by atoms with Crippen LogP contribution in [0.1, 0.15) is 21.9 Å². The van der Waals surface area contributed by atoms with E-state index in [0.717, 1.165) is 10.9 Å². The van der Waals surface area contributed by atoms with Gasteiger partial charge in [-0.1, -0.05) is 18.2 Å². The van der Waals surface area contributed by atoms with E-state index in [2.05, 4.69) is 20.1 Å². The monoisotopic (exact) mass is 410 g/mol. The molecular weight excluding hydrogens is 397 g/mol. The fourth-order valence-corrected chi connectivity index (χ4v) is 3.34. The van der Waals surface area contributed by atoms with Crippen LogP contribution >= 0.6 is 0 Å². The second kappa shape index (κ2) is 6.21. The van der Waals surface area contributed by atoms with Crippen molar-refractivity contribution in [1.82, 2.24) is 24.7 Å². The Kier molecular flexibility index (Phi) is 3.72. The van der Waals surface area contributed by atoms with Crippen molar-refractivity contribution in [1.29, 1.82) is 0 Å². The predicted octanol–water partition coefficient (Wildman–Crippen LogP) is 4.06. The summed E-state index contributed by atoms with van der Waals surface area (Å²) < 4.78 is 39.9. The maximum Gasteiger partial charge on any atom is 0.449 e. The van der Waals surface area contributed by atoms with Gasteiger partial charge >= 0.3 is 6.18 Å². The predicted molar refractivity (Wildman–Crippen MR) is 104 cm³/mol. The van der Waals surface area contributed by atoms with Gasteiger partial charge in [-0.2, -0.15) is 18.3 Å². The molecule has 0 unspecified atom stereocenters. The Hall–Kier alpha value is -4.08. The summed E-state index contributed by atoms with van der Waals surface area (Å²) in [6, 6.07) is 13.6. The molecule has 0 aliphatic heterocycles. The van der Waals surface area contributed by atoms with Crippen LogP contribution in [0.2, 0.25) is 0 Å². The molecule has 30 heavy (non-hydrogen) atoms. The minimum absolute atomic E-state index is 0.0737. The van der Waals surface area contributed by atoms with E-state index in [-0.39, 0.29) is 28.2 Å². The molecule has 2 aromatic carbocycles. The Morgan fingerprint density at radius 1 is 1.03 bits per heavy atom. The molecule has 0 aliphatic rings.